The van der Waals surface area contributed by atoms with Crippen molar-refractivity contribution in [3.05, 3.63) is 0 Å². The fourth-order valence-electron chi connectivity index (χ4n) is 4.82. The Labute approximate surface area is 194 Å². The standard InChI is InChI=1S/C26H55O4P/c1-5-9-12-14-15-17-19-22-25(21-18-16-13-10-6-2)24-26(8-4,23-20-11-7-3)30-31(27,28)29/h25H,5-24H2,1-4H3,(H2,27,28,29). The highest BCUT2D eigenvalue weighted by atomic mass is 31.2. The molecule has 0 radical (unpaired) electrons. The Hall–Kier alpha value is 0.110. The zero-order valence-electron chi connectivity index (χ0n) is 21.4. The Balaban J connectivity index is 4.93. The second kappa shape index (κ2) is 19.6. The highest BCUT2D eigenvalue weighted by molar-refractivity contribution is 7.46. The molecule has 0 rings (SSSR count). The van der Waals surface area contributed by atoms with Crippen LogP contribution in [0.4, 0.5) is 0 Å². The molecule has 5 heteroatoms. The van der Waals surface area contributed by atoms with Crippen LogP contribution in [0.25, 0.3) is 0 Å². The Morgan fingerprint density at radius 2 is 1.10 bits per heavy atom. The predicted molar refractivity (Wildman–Crippen MR) is 134 cm³/mol. The van der Waals surface area contributed by atoms with E-state index in [-0.39, 0.29) is 0 Å². The molecule has 0 aliphatic rings. The molecule has 31 heavy (non-hydrogen) atoms. The zero-order valence-corrected chi connectivity index (χ0v) is 22.3. The maximum Gasteiger partial charge on any atom is 0.470 e. The summed E-state index contributed by atoms with van der Waals surface area (Å²) in [7, 11) is -4.50. The van der Waals surface area contributed by atoms with Gasteiger partial charge in [-0.3, -0.25) is 4.52 Å². The topological polar surface area (TPSA) is 66.8 Å². The van der Waals surface area contributed by atoms with Gasteiger partial charge in [-0.25, -0.2) is 4.57 Å². The van der Waals surface area contributed by atoms with Crippen LogP contribution in [0, 0.1) is 5.92 Å². The molecule has 2 atom stereocenters. The molecule has 4 nitrogen and oxygen atoms in total. The third-order valence-electron chi connectivity index (χ3n) is 6.79. The van der Waals surface area contributed by atoms with Gasteiger partial charge in [0.2, 0.25) is 0 Å². The van der Waals surface area contributed by atoms with Crippen molar-refractivity contribution in [1.29, 1.82) is 0 Å². The molecule has 0 aromatic heterocycles. The van der Waals surface area contributed by atoms with E-state index in [0.717, 1.165) is 32.1 Å². The molecule has 0 aromatic carbocycles. The Kier molecular flexibility index (Phi) is 19.6. The fourth-order valence-corrected chi connectivity index (χ4v) is 5.62. The van der Waals surface area contributed by atoms with Gasteiger partial charge in [-0.15, -0.1) is 0 Å². The first kappa shape index (κ1) is 31.1. The normalized spacial score (nSPS) is 15.2. The van der Waals surface area contributed by atoms with Crippen molar-refractivity contribution in [1.82, 2.24) is 0 Å². The molecular weight excluding hydrogens is 407 g/mol. The largest absolute Gasteiger partial charge is 0.470 e. The van der Waals surface area contributed by atoms with Crippen LogP contribution in [0.3, 0.4) is 0 Å². The van der Waals surface area contributed by atoms with E-state index in [1.165, 1.54) is 89.9 Å². The molecule has 0 aliphatic carbocycles. The van der Waals surface area contributed by atoms with Crippen LogP contribution in [0.15, 0.2) is 0 Å². The van der Waals surface area contributed by atoms with Gasteiger partial charge in [-0.05, 0) is 25.2 Å². The van der Waals surface area contributed by atoms with Crippen LogP contribution in [0.2, 0.25) is 0 Å². The summed E-state index contributed by atoms with van der Waals surface area (Å²) in [5.41, 5.74) is -0.677. The van der Waals surface area contributed by atoms with Gasteiger partial charge >= 0.3 is 7.82 Å². The second-order valence-corrected chi connectivity index (χ2v) is 10.9. The lowest BCUT2D eigenvalue weighted by Gasteiger charge is -2.36. The van der Waals surface area contributed by atoms with E-state index in [1.54, 1.807) is 0 Å². The van der Waals surface area contributed by atoms with Crippen LogP contribution in [0.1, 0.15) is 156 Å². The van der Waals surface area contributed by atoms with Crippen LogP contribution in [-0.2, 0) is 9.09 Å². The Morgan fingerprint density at radius 1 is 0.677 bits per heavy atom. The van der Waals surface area contributed by atoms with E-state index >= 15 is 0 Å². The van der Waals surface area contributed by atoms with Gasteiger partial charge in [-0.2, -0.15) is 0 Å². The van der Waals surface area contributed by atoms with Crippen LogP contribution in [-0.4, -0.2) is 15.4 Å². The molecule has 0 bridgehead atoms. The molecule has 0 heterocycles. The fraction of sp³-hybridized carbons (Fsp3) is 1.00. The lowest BCUT2D eigenvalue weighted by Crippen LogP contribution is -2.34. The number of unbranched alkanes of at least 4 members (excludes halogenated alkanes) is 12. The summed E-state index contributed by atoms with van der Waals surface area (Å²) in [6.07, 6.45) is 23.2. The minimum Gasteiger partial charge on any atom is -0.303 e. The molecule has 0 saturated carbocycles. The summed E-state index contributed by atoms with van der Waals surface area (Å²) in [5, 5.41) is 0. The van der Waals surface area contributed by atoms with Gasteiger partial charge in [0.1, 0.15) is 0 Å². The minimum absolute atomic E-state index is 0.505. The zero-order chi connectivity index (χ0) is 23.4. The van der Waals surface area contributed by atoms with Crippen molar-refractivity contribution in [3.8, 4) is 0 Å². The van der Waals surface area contributed by atoms with Crippen molar-refractivity contribution in [3.63, 3.8) is 0 Å². The van der Waals surface area contributed by atoms with Crippen molar-refractivity contribution in [2.45, 2.75) is 162 Å². The van der Waals surface area contributed by atoms with E-state index < -0.39 is 13.4 Å². The summed E-state index contributed by atoms with van der Waals surface area (Å²) in [6, 6.07) is 0. The maximum atomic E-state index is 11.8. The van der Waals surface area contributed by atoms with Gasteiger partial charge in [0.25, 0.3) is 0 Å². The highest BCUT2D eigenvalue weighted by Crippen LogP contribution is 2.48. The molecule has 0 amide bonds. The van der Waals surface area contributed by atoms with Gasteiger partial charge in [0.15, 0.2) is 0 Å². The molecule has 0 saturated heterocycles. The number of phosphoric acid groups is 1. The molecule has 188 valence electrons. The van der Waals surface area contributed by atoms with Gasteiger partial charge < -0.3 is 9.79 Å². The first-order valence-corrected chi connectivity index (χ1v) is 15.1. The molecule has 0 aromatic rings. The molecule has 2 N–H and O–H groups in total. The summed E-state index contributed by atoms with van der Waals surface area (Å²) in [4.78, 5) is 19.3. The van der Waals surface area contributed by atoms with E-state index in [0.29, 0.717) is 12.3 Å². The molecule has 0 fully saturated rings. The van der Waals surface area contributed by atoms with E-state index in [4.69, 9.17) is 4.52 Å². The average Bonchev–Trinajstić information content (AvgIpc) is 2.71. The average molecular weight is 463 g/mol. The minimum atomic E-state index is -4.50. The smallest absolute Gasteiger partial charge is 0.303 e. The van der Waals surface area contributed by atoms with Crippen molar-refractivity contribution in [2.75, 3.05) is 0 Å². The first-order valence-electron chi connectivity index (χ1n) is 13.6. The molecule has 2 unspecified atom stereocenters. The SMILES string of the molecule is CCCCCCCCCC(CCCCCCC)CC(CC)(CCCCC)OP(=O)(O)O. The lowest BCUT2D eigenvalue weighted by molar-refractivity contribution is -0.00216. The number of phosphoric ester groups is 1. The van der Waals surface area contributed by atoms with Crippen LogP contribution < -0.4 is 0 Å². The molecular formula is C26H55O4P. The predicted octanol–water partition coefficient (Wildman–Crippen LogP) is 9.33. The summed E-state index contributed by atoms with van der Waals surface area (Å²) < 4.78 is 17.3. The lowest BCUT2D eigenvalue weighted by atomic mass is 9.80. The van der Waals surface area contributed by atoms with E-state index in [9.17, 15) is 14.4 Å². The van der Waals surface area contributed by atoms with E-state index in [1.807, 2.05) is 6.92 Å². The maximum absolute atomic E-state index is 11.8. The van der Waals surface area contributed by atoms with Gasteiger partial charge in [-0.1, -0.05) is 137 Å². The molecule has 0 spiro atoms. The number of rotatable bonds is 23. The second-order valence-electron chi connectivity index (χ2n) is 9.76. The van der Waals surface area contributed by atoms with Crippen molar-refractivity contribution in [2.24, 2.45) is 5.92 Å². The number of hydrogen-bond donors (Lipinski definition) is 2. The third kappa shape index (κ3) is 18.2. The third-order valence-corrected chi connectivity index (χ3v) is 7.41. The van der Waals surface area contributed by atoms with Crippen molar-refractivity contribution >= 4 is 7.82 Å². The Morgan fingerprint density at radius 3 is 1.52 bits per heavy atom. The monoisotopic (exact) mass is 462 g/mol. The van der Waals surface area contributed by atoms with Crippen LogP contribution in [0.5, 0.6) is 0 Å². The summed E-state index contributed by atoms with van der Waals surface area (Å²) in [5.74, 6) is 0.505. The Bertz CT molecular complexity index is 437. The first-order chi connectivity index (χ1) is 14.8. The summed E-state index contributed by atoms with van der Waals surface area (Å²) >= 11 is 0. The summed E-state index contributed by atoms with van der Waals surface area (Å²) in [6.45, 7) is 8.70. The van der Waals surface area contributed by atoms with Gasteiger partial charge in [0.05, 0.1) is 5.60 Å². The van der Waals surface area contributed by atoms with Gasteiger partial charge in [0, 0.05) is 0 Å². The quantitative estimate of drug-likeness (QED) is 0.117. The van der Waals surface area contributed by atoms with E-state index in [2.05, 4.69) is 20.8 Å². The highest BCUT2D eigenvalue weighted by Gasteiger charge is 2.37. The molecule has 0 aliphatic heterocycles. The van der Waals surface area contributed by atoms with Crippen molar-refractivity contribution < 1.29 is 18.9 Å². The number of hydrogen-bond acceptors (Lipinski definition) is 2. The van der Waals surface area contributed by atoms with Crippen LogP contribution >= 0.6 is 7.82 Å².